The zero-order chi connectivity index (χ0) is 16.8. The molecule has 23 heavy (non-hydrogen) atoms. The van der Waals surface area contributed by atoms with Gasteiger partial charge in [0.15, 0.2) is 0 Å². The number of halogens is 2. The first kappa shape index (κ1) is 18.6. The molecule has 3 rings (SSSR count). The Morgan fingerprint density at radius 3 is 2.61 bits per heavy atom. The van der Waals surface area contributed by atoms with Crippen LogP contribution in [0.15, 0.2) is 40.5 Å². The van der Waals surface area contributed by atoms with E-state index in [2.05, 4.69) is 68.0 Å². The molecule has 2 bridgehead atoms. The van der Waals surface area contributed by atoms with Gasteiger partial charge in [0.05, 0.1) is 7.18 Å². The lowest BCUT2D eigenvalue weighted by Crippen LogP contribution is -2.50. The van der Waals surface area contributed by atoms with Crippen molar-refractivity contribution in [1.82, 2.24) is 4.90 Å². The first-order chi connectivity index (χ1) is 11.2. The van der Waals surface area contributed by atoms with Crippen LogP contribution in [-0.2, 0) is 4.79 Å². The van der Waals surface area contributed by atoms with Crippen LogP contribution < -0.4 is 0 Å². The van der Waals surface area contributed by atoms with E-state index in [4.69, 9.17) is 0 Å². The molecular weight excluding hydrogens is 404 g/mol. The van der Waals surface area contributed by atoms with Crippen LogP contribution in [0.1, 0.15) is 37.7 Å². The van der Waals surface area contributed by atoms with Crippen LogP contribution in [0.2, 0.25) is 0 Å². The van der Waals surface area contributed by atoms with Gasteiger partial charge in [-0.3, -0.25) is 14.1 Å². The van der Waals surface area contributed by atoms with E-state index < -0.39 is 0 Å². The zero-order valence-corrected chi connectivity index (χ0v) is 15.9. The van der Waals surface area contributed by atoms with Gasteiger partial charge in [-0.25, -0.2) is 0 Å². The Balaban J connectivity index is 0.000000924. The summed E-state index contributed by atoms with van der Waals surface area (Å²) in [5.74, 6) is 0.924. The molecule has 4 heteroatoms. The molecule has 2 fully saturated rings. The molecule has 0 radical (unpaired) electrons. The number of alkyl halides is 1. The van der Waals surface area contributed by atoms with Crippen LogP contribution in [0.25, 0.3) is 0 Å². The van der Waals surface area contributed by atoms with Crippen LogP contribution in [0.4, 0.5) is 4.39 Å². The van der Waals surface area contributed by atoms with Gasteiger partial charge in [-0.1, -0.05) is 59.0 Å². The quantitative estimate of drug-likeness (QED) is 0.645. The maximum Gasteiger partial charge on any atom is 0.135 e. The first-order valence-electron chi connectivity index (χ1n) is 8.16. The fourth-order valence-electron chi connectivity index (χ4n) is 4.36. The minimum Gasteiger partial charge on any atom is -0.300 e. The molecule has 0 aliphatic carbocycles. The van der Waals surface area contributed by atoms with Crippen LogP contribution in [0.3, 0.4) is 0 Å². The topological polar surface area (TPSA) is 20.3 Å². The molecule has 2 aliphatic heterocycles. The van der Waals surface area contributed by atoms with E-state index in [9.17, 15) is 9.18 Å². The predicted octanol–water partition coefficient (Wildman–Crippen LogP) is 4.75. The van der Waals surface area contributed by atoms with Gasteiger partial charge < -0.3 is 0 Å². The van der Waals surface area contributed by atoms with Crippen molar-refractivity contribution in [3.63, 3.8) is 0 Å². The van der Waals surface area contributed by atoms with Crippen molar-refractivity contribution in [2.75, 3.05) is 13.7 Å². The highest BCUT2D eigenvalue weighted by Gasteiger charge is 2.48. The molecule has 0 saturated carbocycles. The van der Waals surface area contributed by atoms with E-state index in [1.807, 2.05) is 0 Å². The number of piperidine rings is 1. The highest BCUT2D eigenvalue weighted by molar-refractivity contribution is 14.1. The van der Waals surface area contributed by atoms with Crippen molar-refractivity contribution in [3.8, 4) is 0 Å². The first-order valence-corrected chi connectivity index (χ1v) is 9.41. The van der Waals surface area contributed by atoms with Gasteiger partial charge in [0.25, 0.3) is 0 Å². The van der Waals surface area contributed by atoms with E-state index in [1.165, 1.54) is 18.4 Å². The Labute approximate surface area is 152 Å². The number of hydrogen-bond acceptors (Lipinski definition) is 2. The van der Waals surface area contributed by atoms with E-state index >= 15 is 0 Å². The number of nitrogens with zero attached hydrogens (tertiary/aromatic N) is 1. The molecule has 0 aromatic heterocycles. The molecule has 4 atom stereocenters. The number of hydrogen-bond donors (Lipinski definition) is 0. The minimum absolute atomic E-state index is 0.161. The minimum atomic E-state index is 0.161. The molecule has 2 unspecified atom stereocenters. The Hall–Kier alpha value is -0.750. The lowest BCUT2D eigenvalue weighted by molar-refractivity contribution is -0.125. The smallest absolute Gasteiger partial charge is 0.135 e. The Bertz CT molecular complexity index is 533. The Morgan fingerprint density at radius 2 is 2.00 bits per heavy atom. The van der Waals surface area contributed by atoms with Gasteiger partial charge in [-0.05, 0) is 41.8 Å². The van der Waals surface area contributed by atoms with Crippen LogP contribution >= 0.6 is 22.6 Å². The van der Waals surface area contributed by atoms with Gasteiger partial charge in [-0.2, -0.15) is 0 Å². The van der Waals surface area contributed by atoms with E-state index in [1.54, 1.807) is 6.92 Å². The summed E-state index contributed by atoms with van der Waals surface area (Å²) in [4.78, 5) is 14.9. The molecule has 2 nitrogen and oxygen atoms in total. The third kappa shape index (κ3) is 4.02. The van der Waals surface area contributed by atoms with Crippen molar-refractivity contribution in [2.45, 2.75) is 44.2 Å². The highest BCUT2D eigenvalue weighted by atomic mass is 127. The second-order valence-electron chi connectivity index (χ2n) is 6.25. The number of carbonyl (C=O) groups excluding carboxylic acids is 1. The molecule has 2 heterocycles. The molecule has 0 spiro atoms. The lowest BCUT2D eigenvalue weighted by atomic mass is 9.74. The molecule has 2 saturated heterocycles. The molecule has 0 N–H and O–H groups in total. The second-order valence-corrected chi connectivity index (χ2v) is 6.97. The molecule has 1 aromatic carbocycles. The van der Waals surface area contributed by atoms with Gasteiger partial charge >= 0.3 is 0 Å². The van der Waals surface area contributed by atoms with Gasteiger partial charge in [-0.15, -0.1) is 0 Å². The van der Waals surface area contributed by atoms with Crippen molar-refractivity contribution in [2.24, 2.45) is 5.92 Å². The number of ketones is 1. The summed E-state index contributed by atoms with van der Waals surface area (Å²) in [5, 5.41) is 0. The normalized spacial score (nSPS) is 30.1. The second kappa shape index (κ2) is 8.92. The summed E-state index contributed by atoms with van der Waals surface area (Å²) < 4.78 is 11.6. The summed E-state index contributed by atoms with van der Waals surface area (Å²) in [6.07, 6.45) is 5.76. The molecule has 2 aliphatic rings. The monoisotopic (exact) mass is 429 g/mol. The Kier molecular flexibility index (Phi) is 7.21. The van der Waals surface area contributed by atoms with Crippen molar-refractivity contribution in [3.05, 3.63) is 46.1 Å². The average molecular weight is 429 g/mol. The van der Waals surface area contributed by atoms with E-state index in [0.29, 0.717) is 31.0 Å². The summed E-state index contributed by atoms with van der Waals surface area (Å²) in [6, 6.07) is 11.7. The fourth-order valence-corrected chi connectivity index (χ4v) is 4.58. The van der Waals surface area contributed by atoms with Gasteiger partial charge in [0.2, 0.25) is 0 Å². The molecule has 1 aromatic rings. The van der Waals surface area contributed by atoms with Crippen molar-refractivity contribution < 1.29 is 9.18 Å². The summed E-state index contributed by atoms with van der Waals surface area (Å²) in [7, 11) is 0.500. The van der Waals surface area contributed by atoms with Crippen LogP contribution in [0.5, 0.6) is 0 Å². The standard InChI is InChI=1S/C18H22INO.CH3F/c1-13(21)18-16(14-6-3-2-4-7-14)12-15-8-9-17(18)20(15)11-5-10-19;1-2/h2-7,10,15-18H,8-9,11-12H2,1H3;1H3/b10-5+;/t15?,16-,17?,18+;/m0./s1. The van der Waals surface area contributed by atoms with Gasteiger partial charge in [0, 0.05) is 24.5 Å². The SMILES string of the molecule is CC(=O)[C@H]1C2CCC(C[C@H]1c1ccccc1)N2C/C=C/I.CF. The van der Waals surface area contributed by atoms with Crippen molar-refractivity contribution in [1.29, 1.82) is 0 Å². The highest BCUT2D eigenvalue weighted by Crippen LogP contribution is 2.47. The number of carbonyl (C=O) groups is 1. The summed E-state index contributed by atoms with van der Waals surface area (Å²) in [5.41, 5.74) is 1.35. The number of rotatable bonds is 4. The third-order valence-corrected chi connectivity index (χ3v) is 5.68. The average Bonchev–Trinajstić information content (AvgIpc) is 2.86. The Morgan fingerprint density at radius 1 is 1.30 bits per heavy atom. The van der Waals surface area contributed by atoms with Crippen LogP contribution in [0, 0.1) is 5.92 Å². The summed E-state index contributed by atoms with van der Waals surface area (Å²) >= 11 is 2.28. The van der Waals surface area contributed by atoms with Crippen molar-refractivity contribution >= 4 is 28.4 Å². The van der Waals surface area contributed by atoms with Gasteiger partial charge in [0.1, 0.15) is 5.78 Å². The third-order valence-electron chi connectivity index (χ3n) is 5.17. The number of fused-ring (bicyclic) bond motifs is 2. The molecular formula is C19H25FINO. The maximum absolute atomic E-state index is 12.3. The fraction of sp³-hybridized carbons (Fsp3) is 0.526. The largest absolute Gasteiger partial charge is 0.300 e. The zero-order valence-electron chi connectivity index (χ0n) is 13.8. The molecule has 0 amide bonds. The molecule has 126 valence electrons. The van der Waals surface area contributed by atoms with Crippen LogP contribution in [-0.4, -0.2) is 36.5 Å². The van der Waals surface area contributed by atoms with E-state index in [-0.39, 0.29) is 5.92 Å². The summed E-state index contributed by atoms with van der Waals surface area (Å²) in [6.45, 7) is 2.77. The lowest BCUT2D eigenvalue weighted by Gasteiger charge is -2.43. The predicted molar refractivity (Wildman–Crippen MR) is 102 cm³/mol. The maximum atomic E-state index is 12.3. The van der Waals surface area contributed by atoms with E-state index in [0.717, 1.165) is 13.0 Å². The number of Topliss-reactive ketones (excluding diaryl/α,β-unsaturated/α-hetero) is 1. The number of benzene rings is 1.